The first-order chi connectivity index (χ1) is 13.5. The van der Waals surface area contributed by atoms with Gasteiger partial charge in [-0.15, -0.1) is 0 Å². The van der Waals surface area contributed by atoms with Crippen LogP contribution in [0.1, 0.15) is 62.3 Å². The van der Waals surface area contributed by atoms with Gasteiger partial charge in [0.1, 0.15) is 0 Å². The Balaban J connectivity index is 3.11. The second-order valence-electron chi connectivity index (χ2n) is 10.3. The number of amides is 1. The number of nitrogens with one attached hydrogen (secondary N) is 1. The number of aliphatic hydroxyl groups excluding tert-OH is 1. The Kier molecular flexibility index (Phi) is 8.57. The normalized spacial score (nSPS) is 15.7. The third-order valence-electron chi connectivity index (χ3n) is 4.23. The molecule has 170 valence electrons. The molecule has 2 N–H and O–H groups in total. The molecule has 1 rings (SSSR count). The van der Waals surface area contributed by atoms with Crippen LogP contribution in [0.5, 0.6) is 0 Å². The molecule has 30 heavy (non-hydrogen) atoms. The van der Waals surface area contributed by atoms with E-state index >= 15 is 0 Å². The Labute approximate surface area is 187 Å². The molecule has 0 bridgehead atoms. The van der Waals surface area contributed by atoms with Crippen LogP contribution >= 0.6 is 0 Å². The van der Waals surface area contributed by atoms with Crippen molar-refractivity contribution in [2.24, 2.45) is 5.41 Å². The van der Waals surface area contributed by atoms with Gasteiger partial charge >= 0.3 is 187 Å². The van der Waals surface area contributed by atoms with Gasteiger partial charge in [0, 0.05) is 0 Å². The van der Waals surface area contributed by atoms with Crippen molar-refractivity contribution in [1.82, 2.24) is 5.32 Å². The molecule has 1 aromatic rings. The van der Waals surface area contributed by atoms with Crippen molar-refractivity contribution in [2.75, 3.05) is 6.54 Å². The Bertz CT molecular complexity index is 721. The first kappa shape index (κ1) is 26.5. The van der Waals surface area contributed by atoms with Gasteiger partial charge in [0.15, 0.2) is 0 Å². The van der Waals surface area contributed by atoms with Crippen molar-refractivity contribution in [3.8, 4) is 0 Å². The molecule has 0 radical (unpaired) electrons. The molecule has 0 aromatic heterocycles. The zero-order chi connectivity index (χ0) is 23.4. The van der Waals surface area contributed by atoms with Crippen LogP contribution in [0, 0.1) is 5.41 Å². The number of carbonyl (C=O) groups excluding carboxylic acids is 2. The molecule has 0 saturated heterocycles. The standard InChI is InChI=1S/C23H37NO5Se/c1-20(2,3)28-18(26)23(9,30-16-13-11-10-12-14-16)17(25)22(7,8)15-24-19(27)29-21(4,5)6/h10-14,17,25H,15H2,1-9H3,(H,24,27)/t17-,23-/m0/s1. The summed E-state index contributed by atoms with van der Waals surface area (Å²) in [5.74, 6) is -0.448. The van der Waals surface area contributed by atoms with Crippen LogP contribution in [0.15, 0.2) is 30.3 Å². The van der Waals surface area contributed by atoms with E-state index in [0.29, 0.717) is 0 Å². The van der Waals surface area contributed by atoms with E-state index in [1.54, 1.807) is 27.7 Å². The second kappa shape index (κ2) is 9.71. The summed E-state index contributed by atoms with van der Waals surface area (Å²) >= 11 is -0.404. The third-order valence-corrected chi connectivity index (χ3v) is 7.00. The SMILES string of the molecule is CC(C)(C)OC(=O)NCC(C)(C)[C@H](O)[C@](C)([Se]c1ccccc1)C(=O)OC(C)(C)C. The van der Waals surface area contributed by atoms with Crippen LogP contribution in [-0.4, -0.2) is 56.0 Å². The number of rotatable bonds is 7. The molecule has 0 unspecified atom stereocenters. The van der Waals surface area contributed by atoms with E-state index in [1.807, 2.05) is 65.0 Å². The van der Waals surface area contributed by atoms with Crippen LogP contribution in [0.25, 0.3) is 0 Å². The van der Waals surface area contributed by atoms with E-state index in [9.17, 15) is 14.7 Å². The zero-order valence-corrected chi connectivity index (χ0v) is 21.4. The van der Waals surface area contributed by atoms with Crippen molar-refractivity contribution in [2.45, 2.75) is 83.9 Å². The van der Waals surface area contributed by atoms with Gasteiger partial charge in [0.2, 0.25) is 0 Å². The second-order valence-corrected chi connectivity index (χ2v) is 13.5. The third kappa shape index (κ3) is 8.29. The van der Waals surface area contributed by atoms with E-state index in [1.165, 1.54) is 0 Å². The fraction of sp³-hybridized carbons (Fsp3) is 0.652. The summed E-state index contributed by atoms with van der Waals surface area (Å²) in [4.78, 5) is 25.3. The number of esters is 1. The fourth-order valence-corrected chi connectivity index (χ4v) is 5.59. The van der Waals surface area contributed by atoms with Gasteiger partial charge in [-0.3, -0.25) is 0 Å². The van der Waals surface area contributed by atoms with E-state index in [0.717, 1.165) is 4.46 Å². The summed E-state index contributed by atoms with van der Waals surface area (Å²) in [6.07, 6.45) is -1.62. The zero-order valence-electron chi connectivity index (χ0n) is 19.7. The topological polar surface area (TPSA) is 84.9 Å². The summed E-state index contributed by atoms with van der Waals surface area (Å²) in [6, 6.07) is 9.63. The van der Waals surface area contributed by atoms with Gasteiger partial charge in [0.05, 0.1) is 0 Å². The summed E-state index contributed by atoms with van der Waals surface area (Å²) in [7, 11) is 0. The van der Waals surface area contributed by atoms with Crippen molar-refractivity contribution >= 4 is 31.5 Å². The summed E-state index contributed by atoms with van der Waals surface area (Å²) in [6.45, 7) is 16.3. The van der Waals surface area contributed by atoms with Crippen LogP contribution < -0.4 is 9.78 Å². The van der Waals surface area contributed by atoms with Crippen LogP contribution in [-0.2, 0) is 14.3 Å². The van der Waals surface area contributed by atoms with Crippen molar-refractivity contribution < 1.29 is 24.2 Å². The monoisotopic (exact) mass is 487 g/mol. The minimum atomic E-state index is -1.15. The average molecular weight is 487 g/mol. The van der Waals surface area contributed by atoms with Crippen LogP contribution in [0.4, 0.5) is 4.79 Å². The Morgan fingerprint density at radius 1 is 0.933 bits per heavy atom. The van der Waals surface area contributed by atoms with Gasteiger partial charge in [-0.2, -0.15) is 0 Å². The molecule has 0 fully saturated rings. The molecule has 0 heterocycles. The number of carbonyl (C=O) groups is 2. The summed E-state index contributed by atoms with van der Waals surface area (Å²) < 4.78 is 10.8. The van der Waals surface area contributed by atoms with Gasteiger partial charge in [0.25, 0.3) is 0 Å². The minimum absolute atomic E-state index is 0.145. The molecule has 1 amide bonds. The maximum absolute atomic E-state index is 13.2. The fourth-order valence-electron chi connectivity index (χ4n) is 2.78. The van der Waals surface area contributed by atoms with Crippen molar-refractivity contribution in [1.29, 1.82) is 0 Å². The Morgan fingerprint density at radius 3 is 1.90 bits per heavy atom. The molecule has 0 spiro atoms. The van der Waals surface area contributed by atoms with Gasteiger partial charge < -0.3 is 0 Å². The number of benzene rings is 1. The molecular weight excluding hydrogens is 449 g/mol. The van der Waals surface area contributed by atoms with Gasteiger partial charge in [-0.05, 0) is 0 Å². The quantitative estimate of drug-likeness (QED) is 0.456. The molecule has 0 aliphatic rings. The number of hydrogen-bond acceptors (Lipinski definition) is 5. The van der Waals surface area contributed by atoms with E-state index in [2.05, 4.69) is 5.32 Å². The molecule has 6 nitrogen and oxygen atoms in total. The first-order valence-electron chi connectivity index (χ1n) is 10.1. The average Bonchev–Trinajstić information content (AvgIpc) is 2.57. The van der Waals surface area contributed by atoms with Crippen LogP contribution in [0.3, 0.4) is 0 Å². The molecule has 0 aliphatic carbocycles. The molecule has 2 atom stereocenters. The molecule has 7 heteroatoms. The summed E-state index contributed by atoms with van der Waals surface area (Å²) in [5.41, 5.74) is -2.10. The number of alkyl carbamates (subject to hydrolysis) is 1. The van der Waals surface area contributed by atoms with E-state index in [4.69, 9.17) is 9.47 Å². The Hall–Kier alpha value is -1.56. The molecule has 0 saturated carbocycles. The van der Waals surface area contributed by atoms with Crippen LogP contribution in [0.2, 0.25) is 4.31 Å². The van der Waals surface area contributed by atoms with E-state index < -0.39 is 54.1 Å². The predicted molar refractivity (Wildman–Crippen MR) is 120 cm³/mol. The molecule has 0 aliphatic heterocycles. The molecule has 1 aromatic carbocycles. The van der Waals surface area contributed by atoms with Crippen molar-refractivity contribution in [3.63, 3.8) is 0 Å². The molecular formula is C23H37NO5Se. The number of ether oxygens (including phenoxy) is 2. The predicted octanol–water partition coefficient (Wildman–Crippen LogP) is 3.45. The number of aliphatic hydroxyl groups is 1. The van der Waals surface area contributed by atoms with Gasteiger partial charge in [-0.25, -0.2) is 0 Å². The first-order valence-corrected chi connectivity index (χ1v) is 11.8. The summed E-state index contributed by atoms with van der Waals surface area (Å²) in [5, 5.41) is 14.1. The van der Waals surface area contributed by atoms with Crippen molar-refractivity contribution in [3.05, 3.63) is 30.3 Å². The number of hydrogen-bond donors (Lipinski definition) is 2. The Morgan fingerprint density at radius 2 is 1.43 bits per heavy atom. The maximum atomic E-state index is 13.2. The van der Waals surface area contributed by atoms with Gasteiger partial charge in [-0.1, -0.05) is 0 Å². The van der Waals surface area contributed by atoms with E-state index in [-0.39, 0.29) is 6.54 Å².